The molecule has 0 saturated heterocycles. The monoisotopic (exact) mass is 347 g/mol. The van der Waals surface area contributed by atoms with Crippen molar-refractivity contribution in [1.82, 2.24) is 15.5 Å². The smallest absolute Gasteiger partial charge is 0.254 e. The molecule has 24 heavy (non-hydrogen) atoms. The first kappa shape index (κ1) is 16.4. The summed E-state index contributed by atoms with van der Waals surface area (Å²) < 4.78 is 10.5. The minimum atomic E-state index is 0.0173. The number of hydrogen-bond donors (Lipinski definition) is 2. The van der Waals surface area contributed by atoms with Crippen LogP contribution in [0.15, 0.2) is 28.8 Å². The van der Waals surface area contributed by atoms with Crippen molar-refractivity contribution in [3.63, 3.8) is 0 Å². The third-order valence-electron chi connectivity index (χ3n) is 3.62. The van der Waals surface area contributed by atoms with E-state index in [9.17, 15) is 4.79 Å². The molecule has 0 radical (unpaired) electrons. The summed E-state index contributed by atoms with van der Waals surface area (Å²) in [7, 11) is 0. The molecule has 0 aliphatic rings. The molecule has 2 aromatic heterocycles. The number of nitrogens with one attached hydrogen (secondary N) is 2. The predicted octanol–water partition coefficient (Wildman–Crippen LogP) is 3.72. The number of ether oxygens (including phenoxy) is 1. The molecule has 0 fully saturated rings. The maximum Gasteiger partial charge on any atom is 0.254 e. The molecule has 0 atom stereocenters. The van der Waals surface area contributed by atoms with Gasteiger partial charge >= 0.3 is 0 Å². The molecule has 0 spiro atoms. The van der Waals surface area contributed by atoms with Gasteiger partial charge < -0.3 is 19.6 Å². The van der Waals surface area contributed by atoms with E-state index >= 15 is 0 Å². The lowest BCUT2D eigenvalue weighted by Gasteiger charge is -2.05. The molecule has 6 nitrogen and oxygen atoms in total. The number of aromatic amines is 1. The van der Waals surface area contributed by atoms with Crippen LogP contribution in [0.4, 0.5) is 0 Å². The van der Waals surface area contributed by atoms with Gasteiger partial charge in [-0.25, -0.2) is 0 Å². The maximum absolute atomic E-state index is 11.4. The Morgan fingerprint density at radius 2 is 2.21 bits per heavy atom. The first-order valence-corrected chi connectivity index (χ1v) is 8.05. The normalized spacial score (nSPS) is 11.0. The van der Waals surface area contributed by atoms with E-state index in [1.165, 1.54) is 0 Å². The number of nitrogens with zero attached hydrogens (tertiary/aromatic N) is 1. The lowest BCUT2D eigenvalue weighted by atomic mass is 10.1. The van der Waals surface area contributed by atoms with Gasteiger partial charge in [0.2, 0.25) is 5.91 Å². The zero-order valence-electron chi connectivity index (χ0n) is 13.5. The summed E-state index contributed by atoms with van der Waals surface area (Å²) in [6, 6.07) is 7.51. The number of halogens is 1. The fraction of sp³-hybridized carbons (Fsp3) is 0.294. The Kier molecular flexibility index (Phi) is 4.76. The SMILES string of the molecule is CCC(=O)NCc1cc2cc(Cl)c(COc3cc(C)on3)cc2[nH]1. The van der Waals surface area contributed by atoms with Gasteiger partial charge in [0.25, 0.3) is 5.88 Å². The van der Waals surface area contributed by atoms with Gasteiger partial charge in [0.05, 0.1) is 6.54 Å². The van der Waals surface area contributed by atoms with Crippen LogP contribution in [0.25, 0.3) is 10.9 Å². The van der Waals surface area contributed by atoms with Crippen molar-refractivity contribution in [3.8, 4) is 5.88 Å². The molecule has 126 valence electrons. The third-order valence-corrected chi connectivity index (χ3v) is 3.97. The second-order valence-electron chi connectivity index (χ2n) is 5.52. The number of aryl methyl sites for hydroxylation is 1. The van der Waals surface area contributed by atoms with Crippen molar-refractivity contribution in [2.45, 2.75) is 33.4 Å². The molecular weight excluding hydrogens is 330 g/mol. The number of fused-ring (bicyclic) bond motifs is 1. The fourth-order valence-electron chi connectivity index (χ4n) is 2.35. The molecule has 3 aromatic rings. The Morgan fingerprint density at radius 3 is 2.92 bits per heavy atom. The average Bonchev–Trinajstić information content (AvgIpc) is 3.15. The van der Waals surface area contributed by atoms with Crippen LogP contribution >= 0.6 is 11.6 Å². The van der Waals surface area contributed by atoms with Crippen LogP contribution in [-0.2, 0) is 17.9 Å². The highest BCUT2D eigenvalue weighted by Gasteiger charge is 2.09. The zero-order chi connectivity index (χ0) is 17.1. The van der Waals surface area contributed by atoms with Gasteiger partial charge in [0.1, 0.15) is 12.4 Å². The average molecular weight is 348 g/mol. The fourth-order valence-corrected chi connectivity index (χ4v) is 2.57. The van der Waals surface area contributed by atoms with Crippen LogP contribution in [0, 0.1) is 6.92 Å². The highest BCUT2D eigenvalue weighted by molar-refractivity contribution is 6.32. The summed E-state index contributed by atoms with van der Waals surface area (Å²) in [5.41, 5.74) is 2.71. The van der Waals surface area contributed by atoms with Gasteiger partial charge in [-0.2, -0.15) is 0 Å². The molecule has 0 aliphatic heterocycles. The minimum Gasteiger partial charge on any atom is -0.471 e. The molecule has 0 bridgehead atoms. The van der Waals surface area contributed by atoms with Gasteiger partial charge in [0.15, 0.2) is 0 Å². The van der Waals surface area contributed by atoms with Gasteiger partial charge in [-0.15, -0.1) is 0 Å². The van der Waals surface area contributed by atoms with Crippen molar-refractivity contribution >= 4 is 28.4 Å². The second kappa shape index (κ2) is 6.97. The van der Waals surface area contributed by atoms with Crippen LogP contribution in [0.1, 0.15) is 30.4 Å². The number of H-pyrrole nitrogens is 1. The Bertz CT molecular complexity index is 869. The lowest BCUT2D eigenvalue weighted by Crippen LogP contribution is -2.21. The lowest BCUT2D eigenvalue weighted by molar-refractivity contribution is -0.120. The summed E-state index contributed by atoms with van der Waals surface area (Å²) in [5.74, 6) is 1.14. The molecule has 1 amide bonds. The number of aromatic nitrogens is 2. The molecule has 0 saturated carbocycles. The van der Waals surface area contributed by atoms with Crippen LogP contribution in [0.5, 0.6) is 5.88 Å². The highest BCUT2D eigenvalue weighted by Crippen LogP contribution is 2.26. The molecule has 1 aromatic carbocycles. The molecule has 0 aliphatic carbocycles. The van der Waals surface area contributed by atoms with Crippen molar-refractivity contribution in [2.24, 2.45) is 0 Å². The Labute approximate surface area is 144 Å². The number of benzene rings is 1. The third kappa shape index (κ3) is 3.71. The van der Waals surface area contributed by atoms with Gasteiger partial charge in [-0.1, -0.05) is 18.5 Å². The molecular formula is C17H18ClN3O3. The van der Waals surface area contributed by atoms with E-state index in [-0.39, 0.29) is 5.91 Å². The standard InChI is InChI=1S/C17H18ClN3O3/c1-3-16(22)19-8-13-5-11-6-14(18)12(7-15(11)20-13)9-23-17-4-10(2)24-21-17/h4-7,20H,3,8-9H2,1-2H3,(H,19,22). The van der Waals surface area contributed by atoms with Gasteiger partial charge in [-0.3, -0.25) is 4.79 Å². The summed E-state index contributed by atoms with van der Waals surface area (Å²) >= 11 is 6.33. The number of rotatable bonds is 6. The first-order chi connectivity index (χ1) is 11.5. The van der Waals surface area contributed by atoms with E-state index in [0.717, 1.165) is 22.2 Å². The number of carbonyl (C=O) groups excluding carboxylic acids is 1. The van der Waals surface area contributed by atoms with Crippen molar-refractivity contribution < 1.29 is 14.1 Å². The molecule has 2 N–H and O–H groups in total. The maximum atomic E-state index is 11.4. The largest absolute Gasteiger partial charge is 0.471 e. The highest BCUT2D eigenvalue weighted by atomic mass is 35.5. The summed E-state index contributed by atoms with van der Waals surface area (Å²) in [6.07, 6.45) is 0.467. The van der Waals surface area contributed by atoms with Crippen molar-refractivity contribution in [3.05, 3.63) is 46.3 Å². The van der Waals surface area contributed by atoms with Crippen molar-refractivity contribution in [2.75, 3.05) is 0 Å². The van der Waals surface area contributed by atoms with Crippen LogP contribution < -0.4 is 10.1 Å². The van der Waals surface area contributed by atoms with E-state index < -0.39 is 0 Å². The molecule has 7 heteroatoms. The van der Waals surface area contributed by atoms with Crippen LogP contribution in [0.3, 0.4) is 0 Å². The predicted molar refractivity (Wildman–Crippen MR) is 91.0 cm³/mol. The number of amides is 1. The van der Waals surface area contributed by atoms with Gasteiger partial charge in [0, 0.05) is 39.7 Å². The van der Waals surface area contributed by atoms with E-state index in [0.29, 0.717) is 36.2 Å². The topological polar surface area (TPSA) is 80.2 Å². The molecule has 3 rings (SSSR count). The van der Waals surface area contributed by atoms with Crippen molar-refractivity contribution in [1.29, 1.82) is 0 Å². The molecule has 2 heterocycles. The molecule has 0 unspecified atom stereocenters. The van der Waals surface area contributed by atoms with Crippen LogP contribution in [-0.4, -0.2) is 16.0 Å². The summed E-state index contributed by atoms with van der Waals surface area (Å²) in [5, 5.41) is 8.23. The number of carbonyl (C=O) groups is 1. The summed E-state index contributed by atoms with van der Waals surface area (Å²) in [4.78, 5) is 14.6. The number of hydrogen-bond acceptors (Lipinski definition) is 4. The Balaban J connectivity index is 1.74. The van der Waals surface area contributed by atoms with E-state index in [1.54, 1.807) is 13.0 Å². The quantitative estimate of drug-likeness (QED) is 0.712. The van der Waals surface area contributed by atoms with Gasteiger partial charge in [-0.05, 0) is 30.3 Å². The van der Waals surface area contributed by atoms with Crippen LogP contribution in [0.2, 0.25) is 5.02 Å². The minimum absolute atomic E-state index is 0.0173. The zero-order valence-corrected chi connectivity index (χ0v) is 14.2. The first-order valence-electron chi connectivity index (χ1n) is 7.68. The Hall–Kier alpha value is -2.47. The van der Waals surface area contributed by atoms with E-state index in [2.05, 4.69) is 15.5 Å². The summed E-state index contributed by atoms with van der Waals surface area (Å²) in [6.45, 7) is 4.38. The Morgan fingerprint density at radius 1 is 1.38 bits per heavy atom. The second-order valence-corrected chi connectivity index (χ2v) is 5.93. The van der Waals surface area contributed by atoms with E-state index in [4.69, 9.17) is 20.9 Å². The van der Waals surface area contributed by atoms with E-state index in [1.807, 2.05) is 25.1 Å².